The molecular formula is C21H15O4-. The molecule has 0 spiro atoms. The minimum atomic E-state index is -0.983. The first-order chi connectivity index (χ1) is 12.0. The van der Waals surface area contributed by atoms with E-state index in [0.29, 0.717) is 12.0 Å². The van der Waals surface area contributed by atoms with Gasteiger partial charge >= 0.3 is 5.97 Å². The predicted octanol–water partition coefficient (Wildman–Crippen LogP) is 3.25. The summed E-state index contributed by atoms with van der Waals surface area (Å²) in [5.41, 5.74) is 4.59. The third-order valence-electron chi connectivity index (χ3n) is 4.75. The second kappa shape index (κ2) is 5.67. The van der Waals surface area contributed by atoms with Gasteiger partial charge < -0.3 is 15.3 Å². The van der Waals surface area contributed by atoms with Crippen molar-refractivity contribution in [3.8, 4) is 11.5 Å². The molecule has 124 valence electrons. The maximum absolute atomic E-state index is 11.8. The number of phenolic OH excluding ortho intramolecular Hbond substituents is 1. The van der Waals surface area contributed by atoms with Crippen LogP contribution < -0.4 is 5.11 Å². The number of hydrogen-bond acceptors (Lipinski definition) is 3. The van der Waals surface area contributed by atoms with Crippen molar-refractivity contribution < 1.29 is 20.1 Å². The molecule has 0 bridgehead atoms. The summed E-state index contributed by atoms with van der Waals surface area (Å²) in [6.45, 7) is 0. The van der Waals surface area contributed by atoms with Crippen molar-refractivity contribution in [1.82, 2.24) is 0 Å². The lowest BCUT2D eigenvalue weighted by molar-refractivity contribution is -0.268. The summed E-state index contributed by atoms with van der Waals surface area (Å²) in [5, 5.41) is 31.2. The SMILES string of the molecule is O=C(O)c1ccccc1C1c2ccc([O-])cc2Cc2cc(O)ccc21. The number of phenols is 1. The maximum Gasteiger partial charge on any atom is 0.335 e. The lowest BCUT2D eigenvalue weighted by Crippen LogP contribution is -2.18. The smallest absolute Gasteiger partial charge is 0.335 e. The van der Waals surface area contributed by atoms with E-state index in [1.54, 1.807) is 36.4 Å². The van der Waals surface area contributed by atoms with Gasteiger partial charge in [-0.05, 0) is 52.4 Å². The normalized spacial score (nSPS) is 15.3. The highest BCUT2D eigenvalue weighted by Gasteiger charge is 2.29. The molecule has 3 aromatic carbocycles. The van der Waals surface area contributed by atoms with Gasteiger partial charge in [0.25, 0.3) is 0 Å². The van der Waals surface area contributed by atoms with E-state index in [1.807, 2.05) is 18.2 Å². The van der Waals surface area contributed by atoms with Crippen LogP contribution in [0.3, 0.4) is 0 Å². The minimum absolute atomic E-state index is 0.0763. The Hall–Kier alpha value is -3.27. The monoisotopic (exact) mass is 331 g/mol. The molecule has 0 heterocycles. The second-order valence-corrected chi connectivity index (χ2v) is 6.25. The molecule has 0 radical (unpaired) electrons. The summed E-state index contributed by atoms with van der Waals surface area (Å²) in [7, 11) is 0. The zero-order valence-corrected chi connectivity index (χ0v) is 13.3. The Morgan fingerprint density at radius 1 is 0.920 bits per heavy atom. The van der Waals surface area contributed by atoms with Gasteiger partial charge in [-0.2, -0.15) is 0 Å². The van der Waals surface area contributed by atoms with Crippen molar-refractivity contribution in [2.45, 2.75) is 12.3 Å². The molecule has 1 aliphatic carbocycles. The van der Waals surface area contributed by atoms with Gasteiger partial charge in [-0.1, -0.05) is 42.5 Å². The van der Waals surface area contributed by atoms with Crippen LogP contribution >= 0.6 is 0 Å². The third-order valence-corrected chi connectivity index (χ3v) is 4.75. The number of aromatic carboxylic acids is 1. The topological polar surface area (TPSA) is 80.6 Å². The van der Waals surface area contributed by atoms with Crippen LogP contribution in [0.15, 0.2) is 60.7 Å². The Morgan fingerprint density at radius 2 is 1.60 bits per heavy atom. The van der Waals surface area contributed by atoms with Gasteiger partial charge in [-0.3, -0.25) is 0 Å². The van der Waals surface area contributed by atoms with Gasteiger partial charge in [0, 0.05) is 5.92 Å². The zero-order chi connectivity index (χ0) is 17.6. The number of carboxylic acids is 1. The van der Waals surface area contributed by atoms with E-state index in [9.17, 15) is 20.1 Å². The number of hydrogen-bond donors (Lipinski definition) is 2. The highest BCUT2D eigenvalue weighted by atomic mass is 16.4. The first kappa shape index (κ1) is 15.3. The minimum Gasteiger partial charge on any atom is -0.872 e. The molecule has 1 aliphatic rings. The Bertz CT molecular complexity index is 939. The van der Waals surface area contributed by atoms with E-state index in [1.165, 1.54) is 6.07 Å². The third kappa shape index (κ3) is 2.52. The van der Waals surface area contributed by atoms with Crippen molar-refractivity contribution in [2.24, 2.45) is 0 Å². The highest BCUT2D eigenvalue weighted by Crippen LogP contribution is 2.43. The number of carboxylic acid groups (broad SMARTS) is 1. The van der Waals surface area contributed by atoms with Crippen LogP contribution in [0.2, 0.25) is 0 Å². The van der Waals surface area contributed by atoms with E-state index in [-0.39, 0.29) is 23.0 Å². The number of rotatable bonds is 2. The van der Waals surface area contributed by atoms with E-state index in [2.05, 4.69) is 0 Å². The molecule has 2 N–H and O–H groups in total. The highest BCUT2D eigenvalue weighted by molar-refractivity contribution is 5.90. The van der Waals surface area contributed by atoms with Crippen LogP contribution in [0, 0.1) is 0 Å². The molecule has 25 heavy (non-hydrogen) atoms. The van der Waals surface area contributed by atoms with Gasteiger partial charge in [0.05, 0.1) is 5.56 Å². The Balaban J connectivity index is 2.01. The first-order valence-corrected chi connectivity index (χ1v) is 7.98. The van der Waals surface area contributed by atoms with Gasteiger partial charge in [0.2, 0.25) is 0 Å². The number of carbonyl (C=O) groups is 1. The first-order valence-electron chi connectivity index (χ1n) is 7.98. The van der Waals surface area contributed by atoms with Gasteiger partial charge in [0.15, 0.2) is 0 Å². The summed E-state index contributed by atoms with van der Waals surface area (Å²) in [6, 6.07) is 17.0. The standard InChI is InChI=1S/C21H16O4/c22-14-5-7-16-12(10-14)9-13-11-15(23)6-8-17(13)20(16)18-3-1-2-4-19(18)21(24)25/h1-8,10-11,20,22-23H,9H2,(H,24,25)/p-1. The van der Waals surface area contributed by atoms with Gasteiger partial charge in [-0.25, -0.2) is 4.79 Å². The maximum atomic E-state index is 11.8. The molecule has 0 saturated heterocycles. The van der Waals surface area contributed by atoms with Crippen molar-refractivity contribution in [1.29, 1.82) is 0 Å². The van der Waals surface area contributed by atoms with E-state index >= 15 is 0 Å². The van der Waals surface area contributed by atoms with Crippen LogP contribution in [0.5, 0.6) is 11.5 Å². The van der Waals surface area contributed by atoms with Crippen molar-refractivity contribution >= 4 is 5.97 Å². The van der Waals surface area contributed by atoms with Gasteiger partial charge in [0.1, 0.15) is 5.75 Å². The fraction of sp³-hybridized carbons (Fsp3) is 0.0952. The summed E-state index contributed by atoms with van der Waals surface area (Å²) in [4.78, 5) is 11.7. The Labute approximate surface area is 144 Å². The van der Waals surface area contributed by atoms with Crippen molar-refractivity contribution in [3.05, 3.63) is 94.0 Å². The average Bonchev–Trinajstić information content (AvgIpc) is 2.59. The predicted molar refractivity (Wildman–Crippen MR) is 91.1 cm³/mol. The second-order valence-electron chi connectivity index (χ2n) is 6.25. The van der Waals surface area contributed by atoms with Crippen molar-refractivity contribution in [3.63, 3.8) is 0 Å². The van der Waals surface area contributed by atoms with Crippen LogP contribution in [-0.2, 0) is 6.42 Å². The molecule has 4 nitrogen and oxygen atoms in total. The number of aromatic hydroxyl groups is 1. The van der Waals surface area contributed by atoms with Crippen LogP contribution in [-0.4, -0.2) is 16.2 Å². The molecular weight excluding hydrogens is 316 g/mol. The molecule has 3 aromatic rings. The van der Waals surface area contributed by atoms with E-state index in [4.69, 9.17) is 0 Å². The van der Waals surface area contributed by atoms with E-state index in [0.717, 1.165) is 22.3 Å². The van der Waals surface area contributed by atoms with Gasteiger partial charge in [-0.15, -0.1) is 5.75 Å². The fourth-order valence-corrected chi connectivity index (χ4v) is 3.69. The average molecular weight is 331 g/mol. The molecule has 0 aromatic heterocycles. The molecule has 4 rings (SSSR count). The number of fused-ring (bicyclic) bond motifs is 2. The number of benzene rings is 3. The molecule has 1 unspecified atom stereocenters. The van der Waals surface area contributed by atoms with E-state index < -0.39 is 5.97 Å². The largest absolute Gasteiger partial charge is 0.872 e. The lowest BCUT2D eigenvalue weighted by atomic mass is 9.73. The summed E-state index contributed by atoms with van der Waals surface area (Å²) < 4.78 is 0. The molecule has 1 atom stereocenters. The molecule has 0 aliphatic heterocycles. The quantitative estimate of drug-likeness (QED) is 0.591. The summed E-state index contributed by atoms with van der Waals surface area (Å²) in [5.74, 6) is -1.19. The zero-order valence-electron chi connectivity index (χ0n) is 13.3. The van der Waals surface area contributed by atoms with Crippen molar-refractivity contribution in [2.75, 3.05) is 0 Å². The molecule has 0 saturated carbocycles. The fourth-order valence-electron chi connectivity index (χ4n) is 3.69. The molecule has 4 heteroatoms. The van der Waals surface area contributed by atoms with Crippen LogP contribution in [0.1, 0.15) is 44.1 Å². The van der Waals surface area contributed by atoms with Crippen LogP contribution in [0.4, 0.5) is 0 Å². The summed E-state index contributed by atoms with van der Waals surface area (Å²) in [6.07, 6.45) is 0.543. The Kier molecular flexibility index (Phi) is 3.46. The Morgan fingerprint density at radius 3 is 2.36 bits per heavy atom. The van der Waals surface area contributed by atoms with Crippen LogP contribution in [0.25, 0.3) is 0 Å². The molecule has 0 fully saturated rings. The lowest BCUT2D eigenvalue weighted by Gasteiger charge is -2.31. The molecule has 0 amide bonds. The summed E-state index contributed by atoms with van der Waals surface area (Å²) >= 11 is 0.